The highest BCUT2D eigenvalue weighted by atomic mass is 32.2. The Morgan fingerprint density at radius 1 is 1.15 bits per heavy atom. The lowest BCUT2D eigenvalue weighted by Gasteiger charge is -2.20. The molecule has 0 saturated carbocycles. The van der Waals surface area contributed by atoms with E-state index < -0.39 is 34.0 Å². The predicted molar refractivity (Wildman–Crippen MR) is 80.5 cm³/mol. The van der Waals surface area contributed by atoms with E-state index in [1.54, 1.807) is 0 Å². The van der Waals surface area contributed by atoms with E-state index in [4.69, 9.17) is 0 Å². The molecule has 6 nitrogen and oxygen atoms in total. The number of hydrogen-bond donors (Lipinski definition) is 0. The molecule has 0 aliphatic carbocycles. The molecule has 2 aromatic heterocycles. The van der Waals surface area contributed by atoms with Crippen molar-refractivity contribution in [1.29, 1.82) is 0 Å². The number of alkyl halides is 5. The molecule has 0 unspecified atom stereocenters. The van der Waals surface area contributed by atoms with E-state index in [1.807, 2.05) is 0 Å². The van der Waals surface area contributed by atoms with Crippen LogP contribution in [0.25, 0.3) is 11.4 Å². The van der Waals surface area contributed by atoms with Gasteiger partial charge in [-0.2, -0.15) is 22.0 Å². The first-order chi connectivity index (χ1) is 11.9. The summed E-state index contributed by atoms with van der Waals surface area (Å²) in [6, 6.07) is 3.23. The Labute approximate surface area is 144 Å². The Morgan fingerprint density at radius 3 is 2.35 bits per heavy atom. The molecule has 0 radical (unpaired) electrons. The molecule has 12 heteroatoms. The number of sulfone groups is 1. The Hall–Kier alpha value is -2.37. The number of aromatic nitrogens is 3. The lowest BCUT2D eigenvalue weighted by molar-refractivity contribution is -0.287. The second-order valence-electron chi connectivity index (χ2n) is 5.20. The molecule has 0 bridgehead atoms. The van der Waals surface area contributed by atoms with Crippen LogP contribution >= 0.6 is 0 Å². The third-order valence-corrected chi connectivity index (χ3v) is 5.15. The van der Waals surface area contributed by atoms with Gasteiger partial charge in [0.25, 0.3) is 5.56 Å². The zero-order valence-corrected chi connectivity index (χ0v) is 14.0. The normalized spacial score (nSPS) is 13.0. The van der Waals surface area contributed by atoms with Crippen LogP contribution in [0.2, 0.25) is 0 Å². The van der Waals surface area contributed by atoms with Crippen molar-refractivity contribution in [2.45, 2.75) is 30.5 Å². The van der Waals surface area contributed by atoms with Gasteiger partial charge in [-0.05, 0) is 12.1 Å². The number of hydrogen-bond acceptors (Lipinski definition) is 5. The van der Waals surface area contributed by atoms with E-state index in [0.29, 0.717) is 12.4 Å². The van der Waals surface area contributed by atoms with Crippen LogP contribution in [0.5, 0.6) is 0 Å². The highest BCUT2D eigenvalue weighted by Gasteiger charge is 2.57. The maximum absolute atomic E-state index is 13.1. The first kappa shape index (κ1) is 19.9. The van der Waals surface area contributed by atoms with Crippen molar-refractivity contribution in [3.63, 3.8) is 0 Å². The molecule has 2 aromatic rings. The number of halogens is 5. The van der Waals surface area contributed by atoms with Crippen LogP contribution in [0.4, 0.5) is 22.0 Å². The van der Waals surface area contributed by atoms with E-state index in [2.05, 4.69) is 9.97 Å². The molecule has 2 heterocycles. The van der Waals surface area contributed by atoms with Crippen molar-refractivity contribution in [2.24, 2.45) is 0 Å². The first-order valence-corrected chi connectivity index (χ1v) is 8.73. The third-order valence-electron chi connectivity index (χ3n) is 3.39. The van der Waals surface area contributed by atoms with Crippen LogP contribution in [0, 0.1) is 0 Å². The zero-order valence-electron chi connectivity index (χ0n) is 13.2. The van der Waals surface area contributed by atoms with E-state index >= 15 is 0 Å². The molecule has 0 fully saturated rings. The van der Waals surface area contributed by atoms with Gasteiger partial charge in [-0.3, -0.25) is 14.3 Å². The standard InChI is InChI=1S/C14H12F5N3O3S/c1-2-26(24,25)10-4-3-5-20-12(10)9-6-11(23)22(8-21-9)7-13(15,16)14(17,18)19/h3-6,8H,2,7H2,1H3. The summed E-state index contributed by atoms with van der Waals surface area (Å²) in [7, 11) is -3.73. The Balaban J connectivity index is 2.49. The van der Waals surface area contributed by atoms with Crippen molar-refractivity contribution >= 4 is 9.84 Å². The second kappa shape index (κ2) is 6.74. The van der Waals surface area contributed by atoms with Crippen molar-refractivity contribution in [2.75, 3.05) is 5.75 Å². The van der Waals surface area contributed by atoms with Crippen LogP contribution in [-0.2, 0) is 16.4 Å². The molecular weight excluding hydrogens is 385 g/mol. The average molecular weight is 397 g/mol. The Kier molecular flexibility index (Phi) is 5.17. The summed E-state index contributed by atoms with van der Waals surface area (Å²) in [5, 5.41) is 0. The maximum Gasteiger partial charge on any atom is 0.455 e. The fourth-order valence-corrected chi connectivity index (χ4v) is 3.02. The van der Waals surface area contributed by atoms with Gasteiger partial charge in [-0.25, -0.2) is 13.4 Å². The van der Waals surface area contributed by atoms with Gasteiger partial charge in [0.1, 0.15) is 12.2 Å². The Bertz CT molecular complexity index is 970. The number of nitrogens with zero attached hydrogens (tertiary/aromatic N) is 3. The van der Waals surface area contributed by atoms with Gasteiger partial charge in [-0.15, -0.1) is 0 Å². The van der Waals surface area contributed by atoms with Crippen LogP contribution in [0.1, 0.15) is 6.92 Å². The predicted octanol–water partition coefficient (Wildman–Crippen LogP) is 2.30. The fraction of sp³-hybridized carbons (Fsp3) is 0.357. The molecule has 0 atom stereocenters. The van der Waals surface area contributed by atoms with E-state index in [9.17, 15) is 35.2 Å². The molecule has 0 aliphatic rings. The van der Waals surface area contributed by atoms with E-state index in [0.717, 1.165) is 0 Å². The van der Waals surface area contributed by atoms with Crippen LogP contribution in [-0.4, -0.2) is 40.8 Å². The summed E-state index contributed by atoms with van der Waals surface area (Å²) in [4.78, 5) is 19.1. The van der Waals surface area contributed by atoms with Crippen LogP contribution in [0.3, 0.4) is 0 Å². The first-order valence-electron chi connectivity index (χ1n) is 7.08. The monoisotopic (exact) mass is 397 g/mol. The Morgan fingerprint density at radius 2 is 1.81 bits per heavy atom. The molecule has 142 valence electrons. The largest absolute Gasteiger partial charge is 0.455 e. The second-order valence-corrected chi connectivity index (χ2v) is 7.44. The molecule has 26 heavy (non-hydrogen) atoms. The third kappa shape index (κ3) is 3.89. The SMILES string of the molecule is CCS(=O)(=O)c1cccnc1-c1cc(=O)n(CC(F)(F)C(F)(F)F)cn1. The molecule has 0 amide bonds. The average Bonchev–Trinajstić information content (AvgIpc) is 2.55. The highest BCUT2D eigenvalue weighted by molar-refractivity contribution is 7.91. The number of pyridine rings is 1. The molecule has 2 rings (SSSR count). The molecule has 0 aliphatic heterocycles. The lowest BCUT2D eigenvalue weighted by atomic mass is 10.2. The summed E-state index contributed by atoms with van der Waals surface area (Å²) in [5.74, 6) is -5.39. The van der Waals surface area contributed by atoms with Gasteiger partial charge in [0.05, 0.1) is 22.7 Å². The smallest absolute Gasteiger partial charge is 0.293 e. The minimum Gasteiger partial charge on any atom is -0.293 e. The molecule has 0 N–H and O–H groups in total. The summed E-state index contributed by atoms with van der Waals surface area (Å²) < 4.78 is 87.2. The molecule has 0 spiro atoms. The van der Waals surface area contributed by atoms with Gasteiger partial charge < -0.3 is 0 Å². The van der Waals surface area contributed by atoms with Crippen molar-refractivity contribution in [3.8, 4) is 11.4 Å². The van der Waals surface area contributed by atoms with Gasteiger partial charge in [0.2, 0.25) is 0 Å². The summed E-state index contributed by atoms with van der Waals surface area (Å²) in [6.45, 7) is -0.554. The van der Waals surface area contributed by atoms with Crippen molar-refractivity contribution < 1.29 is 30.4 Å². The minimum atomic E-state index is -5.82. The minimum absolute atomic E-state index is 0.0912. The molecule has 0 aromatic carbocycles. The van der Waals surface area contributed by atoms with Crippen molar-refractivity contribution in [1.82, 2.24) is 14.5 Å². The molecule has 0 saturated heterocycles. The topological polar surface area (TPSA) is 81.9 Å². The maximum atomic E-state index is 13.1. The van der Waals surface area contributed by atoms with Crippen molar-refractivity contribution in [3.05, 3.63) is 41.1 Å². The van der Waals surface area contributed by atoms with Gasteiger partial charge in [-0.1, -0.05) is 6.92 Å². The summed E-state index contributed by atoms with van der Waals surface area (Å²) in [5.41, 5.74) is -1.65. The quantitative estimate of drug-likeness (QED) is 0.724. The van der Waals surface area contributed by atoms with Gasteiger partial charge in [0, 0.05) is 12.3 Å². The number of rotatable bonds is 5. The summed E-state index contributed by atoms with van der Waals surface area (Å²) >= 11 is 0. The fourth-order valence-electron chi connectivity index (χ4n) is 1.97. The van der Waals surface area contributed by atoms with Gasteiger partial charge >= 0.3 is 12.1 Å². The zero-order chi connectivity index (χ0) is 19.8. The van der Waals surface area contributed by atoms with E-state index in [1.165, 1.54) is 25.3 Å². The van der Waals surface area contributed by atoms with Crippen LogP contribution in [0.15, 0.2) is 40.4 Å². The summed E-state index contributed by atoms with van der Waals surface area (Å²) in [6.07, 6.45) is -4.10. The van der Waals surface area contributed by atoms with E-state index in [-0.39, 0.29) is 26.6 Å². The highest BCUT2D eigenvalue weighted by Crippen LogP contribution is 2.36. The van der Waals surface area contributed by atoms with Gasteiger partial charge in [0.15, 0.2) is 9.84 Å². The lowest BCUT2D eigenvalue weighted by Crippen LogP contribution is -2.42. The van der Waals surface area contributed by atoms with Crippen LogP contribution < -0.4 is 5.56 Å². The molecular formula is C14H12F5N3O3S.